The lowest BCUT2D eigenvalue weighted by Gasteiger charge is -2.18. The van der Waals surface area contributed by atoms with E-state index in [1.54, 1.807) is 7.11 Å². The minimum absolute atomic E-state index is 0.0487. The van der Waals surface area contributed by atoms with Crippen LogP contribution in [0.25, 0.3) is 10.8 Å². The van der Waals surface area contributed by atoms with Gasteiger partial charge in [-0.2, -0.15) is 0 Å². The summed E-state index contributed by atoms with van der Waals surface area (Å²) in [5, 5.41) is 2.44. The highest BCUT2D eigenvalue weighted by Gasteiger charge is 2.15. The first-order valence-corrected chi connectivity index (χ1v) is 7.09. The van der Waals surface area contributed by atoms with Crippen LogP contribution in [0.1, 0.15) is 44.2 Å². The first-order chi connectivity index (χ1) is 9.27. The zero-order chi connectivity index (χ0) is 13.7. The van der Waals surface area contributed by atoms with Crippen molar-refractivity contribution in [3.8, 4) is 5.75 Å². The van der Waals surface area contributed by atoms with Gasteiger partial charge in [0.1, 0.15) is 5.75 Å². The maximum Gasteiger partial charge on any atom is 0.124 e. The Balaban J connectivity index is 2.37. The Morgan fingerprint density at radius 3 is 2.63 bits per heavy atom. The highest BCUT2D eigenvalue weighted by Crippen LogP contribution is 2.34. The highest BCUT2D eigenvalue weighted by molar-refractivity contribution is 5.88. The van der Waals surface area contributed by atoms with Crippen LogP contribution < -0.4 is 10.5 Å². The minimum atomic E-state index is 0.0487. The number of hydrogen-bond acceptors (Lipinski definition) is 2. The van der Waals surface area contributed by atoms with E-state index in [0.717, 1.165) is 17.7 Å². The molecule has 0 spiro atoms. The Bertz CT molecular complexity index is 536. The summed E-state index contributed by atoms with van der Waals surface area (Å²) in [6.07, 6.45) is 4.64. The Kier molecular flexibility index (Phi) is 4.80. The largest absolute Gasteiger partial charge is 0.496 e. The van der Waals surface area contributed by atoms with Gasteiger partial charge < -0.3 is 10.5 Å². The Hall–Kier alpha value is -1.54. The number of rotatable bonds is 6. The fourth-order valence-corrected chi connectivity index (χ4v) is 2.59. The molecule has 2 heteroatoms. The molecule has 0 aromatic heterocycles. The van der Waals surface area contributed by atoms with Gasteiger partial charge in [0.25, 0.3) is 0 Å². The van der Waals surface area contributed by atoms with Gasteiger partial charge in [-0.05, 0) is 23.3 Å². The van der Waals surface area contributed by atoms with E-state index in [9.17, 15) is 0 Å². The Morgan fingerprint density at radius 1 is 1.11 bits per heavy atom. The molecule has 0 saturated heterocycles. The first kappa shape index (κ1) is 13.9. The van der Waals surface area contributed by atoms with Gasteiger partial charge in [-0.25, -0.2) is 0 Å². The molecular formula is C17H23NO. The molecule has 2 aromatic rings. The molecular weight excluding hydrogens is 234 g/mol. The molecule has 0 aliphatic heterocycles. The second-order valence-corrected chi connectivity index (χ2v) is 5.00. The summed E-state index contributed by atoms with van der Waals surface area (Å²) in [5.41, 5.74) is 7.55. The van der Waals surface area contributed by atoms with Gasteiger partial charge in [0.15, 0.2) is 0 Å². The summed E-state index contributed by atoms with van der Waals surface area (Å²) in [4.78, 5) is 0. The normalized spacial score (nSPS) is 12.6. The van der Waals surface area contributed by atoms with Crippen molar-refractivity contribution in [1.82, 2.24) is 0 Å². The number of ether oxygens (including phenoxy) is 1. The van der Waals surface area contributed by atoms with Crippen molar-refractivity contribution in [3.63, 3.8) is 0 Å². The second kappa shape index (κ2) is 6.58. The van der Waals surface area contributed by atoms with Gasteiger partial charge in [0, 0.05) is 11.6 Å². The fourth-order valence-electron chi connectivity index (χ4n) is 2.59. The quantitative estimate of drug-likeness (QED) is 0.777. The lowest BCUT2D eigenvalue weighted by Crippen LogP contribution is -2.12. The third-order valence-corrected chi connectivity index (χ3v) is 3.64. The predicted molar refractivity (Wildman–Crippen MR) is 81.6 cm³/mol. The molecule has 0 amide bonds. The number of hydrogen-bond donors (Lipinski definition) is 1. The zero-order valence-corrected chi connectivity index (χ0v) is 11.9. The molecule has 1 atom stereocenters. The molecule has 0 unspecified atom stereocenters. The first-order valence-electron chi connectivity index (χ1n) is 7.09. The molecule has 2 rings (SSSR count). The average molecular weight is 257 g/mol. The zero-order valence-electron chi connectivity index (χ0n) is 11.9. The standard InChI is InChI=1S/C17H23NO/c1-3-4-5-10-15(18)17-14-9-7-6-8-13(14)11-12-16(17)19-2/h6-9,11-12,15H,3-5,10,18H2,1-2H3/t15-/m0/s1. The molecule has 0 heterocycles. The molecule has 2 nitrogen and oxygen atoms in total. The van der Waals surface area contributed by atoms with Crippen LogP contribution in [-0.2, 0) is 0 Å². The maximum absolute atomic E-state index is 6.40. The molecule has 0 aliphatic rings. The van der Waals surface area contributed by atoms with Crippen LogP contribution in [0.15, 0.2) is 36.4 Å². The van der Waals surface area contributed by atoms with Crippen molar-refractivity contribution in [2.45, 2.75) is 38.6 Å². The number of benzene rings is 2. The van der Waals surface area contributed by atoms with E-state index in [-0.39, 0.29) is 6.04 Å². The summed E-state index contributed by atoms with van der Waals surface area (Å²) in [5.74, 6) is 0.905. The summed E-state index contributed by atoms with van der Waals surface area (Å²) in [6.45, 7) is 2.21. The van der Waals surface area contributed by atoms with E-state index < -0.39 is 0 Å². The van der Waals surface area contributed by atoms with E-state index in [1.807, 2.05) is 6.07 Å². The monoisotopic (exact) mass is 257 g/mol. The molecule has 0 saturated carbocycles. The Morgan fingerprint density at radius 2 is 1.89 bits per heavy atom. The molecule has 2 aromatic carbocycles. The number of methoxy groups -OCH3 is 1. The van der Waals surface area contributed by atoms with Crippen molar-refractivity contribution in [1.29, 1.82) is 0 Å². The molecule has 0 bridgehead atoms. The number of unbranched alkanes of at least 4 members (excludes halogenated alkanes) is 2. The Labute approximate surface area is 115 Å². The van der Waals surface area contributed by atoms with Crippen LogP contribution in [0.3, 0.4) is 0 Å². The average Bonchev–Trinajstić information content (AvgIpc) is 2.46. The van der Waals surface area contributed by atoms with Crippen molar-refractivity contribution in [2.75, 3.05) is 7.11 Å². The second-order valence-electron chi connectivity index (χ2n) is 5.00. The lowest BCUT2D eigenvalue weighted by atomic mass is 9.94. The fraction of sp³-hybridized carbons (Fsp3) is 0.412. The van der Waals surface area contributed by atoms with E-state index in [0.29, 0.717) is 0 Å². The summed E-state index contributed by atoms with van der Waals surface area (Å²) in [6, 6.07) is 12.5. The predicted octanol–water partition coefficient (Wildman–Crippen LogP) is 4.43. The van der Waals surface area contributed by atoms with Crippen LogP contribution in [-0.4, -0.2) is 7.11 Å². The third kappa shape index (κ3) is 3.07. The molecule has 0 aliphatic carbocycles. The molecule has 2 N–H and O–H groups in total. The summed E-state index contributed by atoms with van der Waals surface area (Å²) >= 11 is 0. The summed E-state index contributed by atoms with van der Waals surface area (Å²) in [7, 11) is 1.71. The SMILES string of the molecule is CCCCC[C@H](N)c1c(OC)ccc2ccccc12. The van der Waals surface area contributed by atoms with E-state index in [2.05, 4.69) is 37.3 Å². The summed E-state index contributed by atoms with van der Waals surface area (Å²) < 4.78 is 5.50. The molecule has 19 heavy (non-hydrogen) atoms. The van der Waals surface area contributed by atoms with Crippen LogP contribution in [0, 0.1) is 0 Å². The van der Waals surface area contributed by atoms with Crippen molar-refractivity contribution in [2.24, 2.45) is 5.73 Å². The van der Waals surface area contributed by atoms with Crippen molar-refractivity contribution >= 4 is 10.8 Å². The van der Waals surface area contributed by atoms with Crippen molar-refractivity contribution < 1.29 is 4.74 Å². The van der Waals surface area contributed by atoms with E-state index >= 15 is 0 Å². The van der Waals surface area contributed by atoms with Gasteiger partial charge in [0.05, 0.1) is 7.11 Å². The van der Waals surface area contributed by atoms with E-state index in [1.165, 1.54) is 30.0 Å². The van der Waals surface area contributed by atoms with E-state index in [4.69, 9.17) is 10.5 Å². The van der Waals surface area contributed by atoms with Gasteiger partial charge in [0.2, 0.25) is 0 Å². The smallest absolute Gasteiger partial charge is 0.124 e. The van der Waals surface area contributed by atoms with Crippen LogP contribution in [0.5, 0.6) is 5.75 Å². The van der Waals surface area contributed by atoms with Gasteiger partial charge in [-0.3, -0.25) is 0 Å². The third-order valence-electron chi connectivity index (χ3n) is 3.64. The van der Waals surface area contributed by atoms with Gasteiger partial charge >= 0.3 is 0 Å². The molecule has 0 fully saturated rings. The molecule has 0 radical (unpaired) electrons. The topological polar surface area (TPSA) is 35.2 Å². The highest BCUT2D eigenvalue weighted by atomic mass is 16.5. The number of fused-ring (bicyclic) bond motifs is 1. The van der Waals surface area contributed by atoms with Crippen LogP contribution in [0.4, 0.5) is 0 Å². The van der Waals surface area contributed by atoms with Gasteiger partial charge in [-0.15, -0.1) is 0 Å². The van der Waals surface area contributed by atoms with Crippen LogP contribution in [0.2, 0.25) is 0 Å². The van der Waals surface area contributed by atoms with Crippen LogP contribution >= 0.6 is 0 Å². The van der Waals surface area contributed by atoms with Crippen molar-refractivity contribution in [3.05, 3.63) is 42.0 Å². The number of nitrogens with two attached hydrogens (primary N) is 1. The van der Waals surface area contributed by atoms with Gasteiger partial charge in [-0.1, -0.05) is 56.5 Å². The molecule has 102 valence electrons. The lowest BCUT2D eigenvalue weighted by molar-refractivity contribution is 0.404. The maximum atomic E-state index is 6.40. The minimum Gasteiger partial charge on any atom is -0.496 e.